The van der Waals surface area contributed by atoms with E-state index in [1.54, 1.807) is 25.4 Å². The van der Waals surface area contributed by atoms with Gasteiger partial charge in [-0.1, -0.05) is 45.0 Å². The van der Waals surface area contributed by atoms with Crippen LogP contribution >= 0.6 is 0 Å². The van der Waals surface area contributed by atoms with Gasteiger partial charge in [-0.15, -0.1) is 0 Å². The molecule has 0 aliphatic carbocycles. The van der Waals surface area contributed by atoms with Crippen molar-refractivity contribution in [2.45, 2.75) is 72.3 Å². The van der Waals surface area contributed by atoms with Crippen molar-refractivity contribution in [1.82, 2.24) is 15.3 Å². The van der Waals surface area contributed by atoms with Crippen LogP contribution < -0.4 is 25.4 Å². The topological polar surface area (TPSA) is 141 Å². The van der Waals surface area contributed by atoms with E-state index in [9.17, 15) is 14.4 Å². The van der Waals surface area contributed by atoms with Gasteiger partial charge in [0.1, 0.15) is 22.9 Å². The molecule has 11 nitrogen and oxygen atoms in total. The number of rotatable bonds is 14. The number of hydrogen-bond donors (Lipinski definition) is 3. The predicted octanol–water partition coefficient (Wildman–Crippen LogP) is 7.59. The maximum absolute atomic E-state index is 13.4. The van der Waals surface area contributed by atoms with E-state index in [0.717, 1.165) is 27.8 Å². The van der Waals surface area contributed by atoms with E-state index >= 15 is 0 Å². The van der Waals surface area contributed by atoms with Crippen LogP contribution in [0.3, 0.4) is 0 Å². The molecule has 0 bridgehead atoms. The van der Waals surface area contributed by atoms with Crippen molar-refractivity contribution in [3.63, 3.8) is 0 Å². The Morgan fingerprint density at radius 3 is 1.84 bits per heavy atom. The standard InChI is InChI=1S/C39H49N5O6Si/c1-24(23-50-51(9,10)39(4,5)6)40-19-27-20-41-33(17-35(27)48-7)37(46)43-31-15-11-13-29(25(31)2)30-14-12-16-32(26(30)3)44-38(47)34-18-36(49-8)28(22-45)21-42-34/h11-18,20-22,24,40H,19,23H2,1-10H3,(H,43,46)(H,44,47)/t24-/m0/s1. The summed E-state index contributed by atoms with van der Waals surface area (Å²) >= 11 is 0. The third-order valence-corrected chi connectivity index (χ3v) is 14.0. The highest BCUT2D eigenvalue weighted by atomic mass is 28.4. The zero-order chi connectivity index (χ0) is 37.5. The average molecular weight is 712 g/mol. The van der Waals surface area contributed by atoms with Gasteiger partial charge in [0.25, 0.3) is 11.8 Å². The van der Waals surface area contributed by atoms with Crippen LogP contribution in [0.25, 0.3) is 11.1 Å². The largest absolute Gasteiger partial charge is 0.496 e. The molecule has 3 N–H and O–H groups in total. The van der Waals surface area contributed by atoms with Crippen LogP contribution in [0.2, 0.25) is 18.1 Å². The van der Waals surface area contributed by atoms with Gasteiger partial charge in [-0.05, 0) is 73.3 Å². The molecule has 0 fully saturated rings. The number of nitrogens with zero attached hydrogens (tertiary/aromatic N) is 2. The van der Waals surface area contributed by atoms with E-state index < -0.39 is 14.2 Å². The van der Waals surface area contributed by atoms with Crippen LogP contribution in [-0.2, 0) is 11.0 Å². The first-order valence-electron chi connectivity index (χ1n) is 16.8. The van der Waals surface area contributed by atoms with Crippen molar-refractivity contribution in [3.05, 3.63) is 94.6 Å². The summed E-state index contributed by atoms with van der Waals surface area (Å²) in [6.45, 7) is 18.2. The summed E-state index contributed by atoms with van der Waals surface area (Å²) in [6, 6.07) is 14.5. The highest BCUT2D eigenvalue weighted by molar-refractivity contribution is 6.74. The van der Waals surface area contributed by atoms with E-state index in [1.807, 2.05) is 44.2 Å². The van der Waals surface area contributed by atoms with E-state index in [0.29, 0.717) is 36.6 Å². The number of aldehydes is 1. The summed E-state index contributed by atoms with van der Waals surface area (Å²) in [5, 5.41) is 9.55. The molecule has 0 aliphatic heterocycles. The number of aromatic nitrogens is 2. The highest BCUT2D eigenvalue weighted by Gasteiger charge is 2.37. The molecule has 0 radical (unpaired) electrons. The molecule has 51 heavy (non-hydrogen) atoms. The molecule has 0 saturated carbocycles. The van der Waals surface area contributed by atoms with Gasteiger partial charge in [-0.3, -0.25) is 24.4 Å². The first-order chi connectivity index (χ1) is 24.1. The Balaban J connectivity index is 1.47. The van der Waals surface area contributed by atoms with E-state index in [1.165, 1.54) is 19.4 Å². The second kappa shape index (κ2) is 16.4. The van der Waals surface area contributed by atoms with Crippen molar-refractivity contribution in [2.75, 3.05) is 31.5 Å². The maximum Gasteiger partial charge on any atom is 0.274 e. The zero-order valence-electron chi connectivity index (χ0n) is 31.2. The van der Waals surface area contributed by atoms with Gasteiger partial charge < -0.3 is 29.9 Å². The van der Waals surface area contributed by atoms with Crippen LogP contribution in [0, 0.1) is 13.8 Å². The zero-order valence-corrected chi connectivity index (χ0v) is 32.2. The van der Waals surface area contributed by atoms with Gasteiger partial charge in [-0.2, -0.15) is 0 Å². The number of carbonyl (C=O) groups is 3. The number of pyridine rings is 2. The van der Waals surface area contributed by atoms with Gasteiger partial charge in [-0.25, -0.2) is 0 Å². The van der Waals surface area contributed by atoms with E-state index in [4.69, 9.17) is 13.9 Å². The smallest absolute Gasteiger partial charge is 0.274 e. The van der Waals surface area contributed by atoms with Crippen LogP contribution in [0.15, 0.2) is 60.9 Å². The summed E-state index contributed by atoms with van der Waals surface area (Å²) in [5.74, 6) is 0.0114. The molecule has 2 aromatic heterocycles. The molecule has 0 unspecified atom stereocenters. The fourth-order valence-electron chi connectivity index (χ4n) is 5.14. The normalized spacial score (nSPS) is 12.2. The summed E-state index contributed by atoms with van der Waals surface area (Å²) in [4.78, 5) is 46.4. The number of benzene rings is 2. The monoisotopic (exact) mass is 711 g/mol. The fourth-order valence-corrected chi connectivity index (χ4v) is 6.24. The summed E-state index contributed by atoms with van der Waals surface area (Å²) in [5.41, 5.74) is 6.07. The Labute approximate surface area is 301 Å². The van der Waals surface area contributed by atoms with Crippen molar-refractivity contribution in [3.8, 4) is 22.6 Å². The molecule has 0 spiro atoms. The molecule has 0 aliphatic rings. The Kier molecular flexibility index (Phi) is 12.5. The molecule has 270 valence electrons. The van der Waals surface area contributed by atoms with Gasteiger partial charge in [0.2, 0.25) is 0 Å². The Hall–Kier alpha value is -4.91. The van der Waals surface area contributed by atoms with Crippen molar-refractivity contribution in [1.29, 1.82) is 0 Å². The Bertz CT molecular complexity index is 1910. The third-order valence-electron chi connectivity index (χ3n) is 9.47. The van der Waals surface area contributed by atoms with Crippen molar-refractivity contribution < 1.29 is 28.3 Å². The SMILES string of the molecule is COc1cc(C(=O)Nc2cccc(-c3cccc(NC(=O)c4cc(OC)c(CN[C@@H](C)CO[Si](C)(C)C(C)(C)C)cn4)c3C)c2C)ncc1C=O. The Morgan fingerprint density at radius 1 is 0.843 bits per heavy atom. The first kappa shape index (κ1) is 38.9. The number of carbonyl (C=O) groups excluding carboxylic acids is 3. The van der Waals surface area contributed by atoms with E-state index in [2.05, 4.69) is 66.7 Å². The summed E-state index contributed by atoms with van der Waals surface area (Å²) in [6.07, 6.45) is 3.59. The lowest BCUT2D eigenvalue weighted by atomic mass is 9.94. The minimum atomic E-state index is -1.85. The molecule has 2 heterocycles. The number of methoxy groups -OCH3 is 2. The van der Waals surface area contributed by atoms with Crippen molar-refractivity contribution >= 4 is 37.8 Å². The van der Waals surface area contributed by atoms with Gasteiger partial charge in [0, 0.05) is 60.7 Å². The molecular weight excluding hydrogens is 663 g/mol. The van der Waals surface area contributed by atoms with Crippen molar-refractivity contribution in [2.24, 2.45) is 0 Å². The predicted molar refractivity (Wildman–Crippen MR) is 204 cm³/mol. The van der Waals surface area contributed by atoms with Gasteiger partial charge >= 0.3 is 0 Å². The number of amides is 2. The second-order valence-electron chi connectivity index (χ2n) is 14.0. The van der Waals surface area contributed by atoms with Crippen LogP contribution in [-0.4, -0.2) is 63.3 Å². The molecule has 0 saturated heterocycles. The lowest BCUT2D eigenvalue weighted by Crippen LogP contribution is -2.44. The Morgan fingerprint density at radius 2 is 1.35 bits per heavy atom. The highest BCUT2D eigenvalue weighted by Crippen LogP contribution is 2.37. The summed E-state index contributed by atoms with van der Waals surface area (Å²) < 4.78 is 17.2. The lowest BCUT2D eigenvalue weighted by molar-refractivity contribution is 0.101. The minimum absolute atomic E-state index is 0.110. The number of nitrogens with one attached hydrogen (secondary N) is 3. The average Bonchev–Trinajstić information content (AvgIpc) is 3.10. The first-order valence-corrected chi connectivity index (χ1v) is 19.7. The maximum atomic E-state index is 13.4. The van der Waals surface area contributed by atoms with E-state index in [-0.39, 0.29) is 39.7 Å². The second-order valence-corrected chi connectivity index (χ2v) is 18.8. The number of anilines is 2. The molecule has 12 heteroatoms. The fraction of sp³-hybridized carbons (Fsp3) is 0.359. The third kappa shape index (κ3) is 9.26. The molecular formula is C39H49N5O6Si. The molecule has 2 aromatic carbocycles. The molecule has 2 amide bonds. The molecule has 4 aromatic rings. The quantitative estimate of drug-likeness (QED) is 0.0891. The minimum Gasteiger partial charge on any atom is -0.496 e. The van der Waals surface area contributed by atoms with Crippen LogP contribution in [0.4, 0.5) is 11.4 Å². The van der Waals surface area contributed by atoms with Gasteiger partial charge in [0.15, 0.2) is 14.6 Å². The lowest BCUT2D eigenvalue weighted by Gasteiger charge is -2.37. The summed E-state index contributed by atoms with van der Waals surface area (Å²) in [7, 11) is 1.15. The van der Waals surface area contributed by atoms with Gasteiger partial charge in [0.05, 0.1) is 19.8 Å². The molecule has 4 rings (SSSR count). The number of hydrogen-bond acceptors (Lipinski definition) is 9. The number of ether oxygens (including phenoxy) is 2. The molecule has 1 atom stereocenters. The van der Waals surface area contributed by atoms with Crippen LogP contribution in [0.5, 0.6) is 11.5 Å². The van der Waals surface area contributed by atoms with Crippen LogP contribution in [0.1, 0.15) is 75.7 Å².